The predicted molar refractivity (Wildman–Crippen MR) is 90.8 cm³/mol. The SMILES string of the molecule is CCCCCCCCCCCCC[CH](C)[Sn].Cl.Cl. The molecule has 0 amide bonds. The van der Waals surface area contributed by atoms with Gasteiger partial charge in [0.05, 0.1) is 0 Å². The van der Waals surface area contributed by atoms with E-state index in [1.807, 2.05) is 0 Å². The fourth-order valence-corrected chi connectivity index (χ4v) is 2.70. The second-order valence-electron chi connectivity index (χ2n) is 5.23. The molecule has 1 atom stereocenters. The Labute approximate surface area is 141 Å². The van der Waals surface area contributed by atoms with Gasteiger partial charge in [-0.3, -0.25) is 0 Å². The largest absolute Gasteiger partial charge is 0.147 e. The van der Waals surface area contributed by atoms with Crippen molar-refractivity contribution in [2.45, 2.75) is 94.8 Å². The molecule has 1 unspecified atom stereocenters. The van der Waals surface area contributed by atoms with Crippen LogP contribution in [0.2, 0.25) is 3.93 Å². The summed E-state index contributed by atoms with van der Waals surface area (Å²) in [6.45, 7) is 4.66. The Bertz CT molecular complexity index is 130. The first-order valence-electron chi connectivity index (χ1n) is 7.48. The Morgan fingerprint density at radius 3 is 1.33 bits per heavy atom. The van der Waals surface area contributed by atoms with Gasteiger partial charge in [-0.1, -0.05) is 13.3 Å². The minimum atomic E-state index is 0. The van der Waals surface area contributed by atoms with Crippen molar-refractivity contribution in [3.8, 4) is 0 Å². The average molecular weight is 403 g/mol. The van der Waals surface area contributed by atoms with Gasteiger partial charge in [0, 0.05) is 0 Å². The molecule has 111 valence electrons. The summed E-state index contributed by atoms with van der Waals surface area (Å²) in [5.41, 5.74) is 0. The van der Waals surface area contributed by atoms with Crippen molar-refractivity contribution in [2.75, 3.05) is 0 Å². The van der Waals surface area contributed by atoms with Crippen molar-refractivity contribution in [3.63, 3.8) is 0 Å². The van der Waals surface area contributed by atoms with Gasteiger partial charge in [-0.25, -0.2) is 0 Å². The number of rotatable bonds is 12. The van der Waals surface area contributed by atoms with Gasteiger partial charge < -0.3 is 0 Å². The Kier molecular flexibility index (Phi) is 28.0. The molecule has 3 heteroatoms. The minimum Gasteiger partial charge on any atom is -0.147 e. The Morgan fingerprint density at radius 2 is 1.00 bits per heavy atom. The second kappa shape index (κ2) is 20.7. The molecule has 3 radical (unpaired) electrons. The molecule has 0 bridgehead atoms. The minimum absolute atomic E-state index is 0. The van der Waals surface area contributed by atoms with Crippen molar-refractivity contribution in [3.05, 3.63) is 0 Å². The van der Waals surface area contributed by atoms with Crippen molar-refractivity contribution in [2.24, 2.45) is 0 Å². The van der Waals surface area contributed by atoms with E-state index in [0.29, 0.717) is 0 Å². The van der Waals surface area contributed by atoms with Crippen LogP contribution in [0.15, 0.2) is 0 Å². The Balaban J connectivity index is -0.00000112. The van der Waals surface area contributed by atoms with Crippen LogP contribution in [-0.2, 0) is 0 Å². The van der Waals surface area contributed by atoms with Gasteiger partial charge in [0.25, 0.3) is 0 Å². The summed E-state index contributed by atoms with van der Waals surface area (Å²) in [5.74, 6) is 0. The summed E-state index contributed by atoms with van der Waals surface area (Å²) in [6, 6.07) is 0. The molecule has 0 saturated heterocycles. The fraction of sp³-hybridized carbons (Fsp3) is 1.00. The maximum absolute atomic E-state index is 2.37. The molecule has 0 heterocycles. The molecule has 0 saturated carbocycles. The van der Waals surface area contributed by atoms with Crippen LogP contribution in [0.3, 0.4) is 0 Å². The van der Waals surface area contributed by atoms with E-state index in [4.69, 9.17) is 0 Å². The van der Waals surface area contributed by atoms with Crippen LogP contribution >= 0.6 is 24.8 Å². The maximum atomic E-state index is 2.37. The molecule has 0 spiro atoms. The predicted octanol–water partition coefficient (Wildman–Crippen LogP) is 6.51. The Hall–Kier alpha value is 1.38. The van der Waals surface area contributed by atoms with Gasteiger partial charge >= 0.3 is 104 Å². The average Bonchev–Trinajstić information content (AvgIpc) is 2.25. The van der Waals surface area contributed by atoms with Gasteiger partial charge in [0.2, 0.25) is 0 Å². The quantitative estimate of drug-likeness (QED) is 0.258. The number of hydrogen-bond donors (Lipinski definition) is 0. The van der Waals surface area contributed by atoms with Crippen LogP contribution in [0.1, 0.15) is 90.9 Å². The van der Waals surface area contributed by atoms with Crippen molar-refractivity contribution < 1.29 is 0 Å². The molecule has 0 aromatic carbocycles. The first kappa shape index (κ1) is 24.4. The third-order valence-electron chi connectivity index (χ3n) is 3.24. The molecule has 0 aliphatic heterocycles. The number of hydrogen-bond acceptors (Lipinski definition) is 0. The van der Waals surface area contributed by atoms with Crippen LogP contribution in [-0.4, -0.2) is 22.5 Å². The standard InChI is InChI=1S/C15H31.2ClH.Sn/c1-3-5-7-9-11-13-15-14-12-10-8-6-4-2;;;/h3H,4-15H2,1-2H3;2*1H;. The van der Waals surface area contributed by atoms with E-state index in [1.54, 1.807) is 22.5 Å². The monoisotopic (exact) mass is 403 g/mol. The number of halogens is 2. The van der Waals surface area contributed by atoms with Crippen molar-refractivity contribution in [1.82, 2.24) is 0 Å². The Morgan fingerprint density at radius 1 is 0.667 bits per heavy atom. The topological polar surface area (TPSA) is 0 Å². The van der Waals surface area contributed by atoms with Crippen LogP contribution in [0.5, 0.6) is 0 Å². The summed E-state index contributed by atoms with van der Waals surface area (Å²) < 4.78 is 0.991. The van der Waals surface area contributed by atoms with E-state index in [1.165, 1.54) is 77.0 Å². The summed E-state index contributed by atoms with van der Waals surface area (Å²) in [6.07, 6.45) is 17.6. The smallest absolute Gasteiger partial charge is 0.147 e. The molecular formula is C15H33Cl2Sn. The summed E-state index contributed by atoms with van der Waals surface area (Å²) in [4.78, 5) is 0. The zero-order valence-electron chi connectivity index (χ0n) is 12.4. The first-order valence-corrected chi connectivity index (χ1v) is 9.13. The fourth-order valence-electron chi connectivity index (χ4n) is 2.11. The molecule has 0 aliphatic carbocycles. The molecular weight excluding hydrogens is 370 g/mol. The zero-order chi connectivity index (χ0) is 12.1. The molecule has 0 rings (SSSR count). The molecule has 18 heavy (non-hydrogen) atoms. The van der Waals surface area contributed by atoms with E-state index in [2.05, 4.69) is 13.8 Å². The normalized spacial score (nSPS) is 11.5. The third-order valence-corrected chi connectivity index (χ3v) is 4.06. The van der Waals surface area contributed by atoms with Crippen LogP contribution in [0.25, 0.3) is 0 Å². The molecule has 0 aliphatic rings. The number of unbranched alkanes of at least 4 members (excludes halogenated alkanes) is 10. The van der Waals surface area contributed by atoms with Crippen LogP contribution in [0.4, 0.5) is 0 Å². The van der Waals surface area contributed by atoms with Crippen LogP contribution in [0, 0.1) is 0 Å². The summed E-state index contributed by atoms with van der Waals surface area (Å²) in [7, 11) is 0. The van der Waals surface area contributed by atoms with Gasteiger partial charge in [-0.05, 0) is 0 Å². The first-order chi connectivity index (χ1) is 7.77. The third kappa shape index (κ3) is 22.5. The molecule has 0 aromatic heterocycles. The van der Waals surface area contributed by atoms with E-state index >= 15 is 0 Å². The maximum Gasteiger partial charge on any atom is -0.147 e. The molecule has 0 N–H and O–H groups in total. The van der Waals surface area contributed by atoms with Crippen molar-refractivity contribution >= 4 is 47.3 Å². The zero-order valence-corrected chi connectivity index (χ0v) is 16.9. The molecule has 0 fully saturated rings. The van der Waals surface area contributed by atoms with E-state index < -0.39 is 0 Å². The van der Waals surface area contributed by atoms with Gasteiger partial charge in [0.1, 0.15) is 0 Å². The van der Waals surface area contributed by atoms with E-state index in [9.17, 15) is 0 Å². The summed E-state index contributed by atoms with van der Waals surface area (Å²) >= 11 is 1.72. The van der Waals surface area contributed by atoms with E-state index in [-0.39, 0.29) is 24.8 Å². The van der Waals surface area contributed by atoms with Crippen LogP contribution < -0.4 is 0 Å². The summed E-state index contributed by atoms with van der Waals surface area (Å²) in [5, 5.41) is 0. The van der Waals surface area contributed by atoms with Gasteiger partial charge in [-0.2, -0.15) is 0 Å². The van der Waals surface area contributed by atoms with Gasteiger partial charge in [0.15, 0.2) is 0 Å². The van der Waals surface area contributed by atoms with Crippen molar-refractivity contribution in [1.29, 1.82) is 0 Å². The van der Waals surface area contributed by atoms with E-state index in [0.717, 1.165) is 3.93 Å². The molecule has 0 aromatic rings. The molecule has 0 nitrogen and oxygen atoms in total. The van der Waals surface area contributed by atoms with Gasteiger partial charge in [-0.15, -0.1) is 24.8 Å². The second-order valence-corrected chi connectivity index (χ2v) is 8.04.